The smallest absolute Gasteiger partial charge is 0.260 e. The van der Waals surface area contributed by atoms with Gasteiger partial charge in [-0.3, -0.25) is 4.79 Å². The quantitative estimate of drug-likeness (QED) is 0.358. The first-order valence-electron chi connectivity index (χ1n) is 10.7. The maximum Gasteiger partial charge on any atom is 0.260 e. The summed E-state index contributed by atoms with van der Waals surface area (Å²) in [6.45, 7) is 2.21. The summed E-state index contributed by atoms with van der Waals surface area (Å²) in [5.74, 6) is 2.71. The normalized spacial score (nSPS) is 11.6. The molecule has 2 heterocycles. The van der Waals surface area contributed by atoms with Gasteiger partial charge in [-0.15, -0.1) is 15.3 Å². The second-order valence-electron chi connectivity index (χ2n) is 7.27. The maximum absolute atomic E-state index is 12.3. The second-order valence-corrected chi connectivity index (χ2v) is 7.27. The van der Waals surface area contributed by atoms with Crippen molar-refractivity contribution in [2.75, 3.05) is 27.4 Å². The van der Waals surface area contributed by atoms with E-state index in [1.807, 2.05) is 24.3 Å². The number of amides is 1. The molecule has 0 aliphatic carbocycles. The number of benzene rings is 2. The summed E-state index contributed by atoms with van der Waals surface area (Å²) in [7, 11) is 3.20. The topological polar surface area (TPSA) is 109 Å². The minimum Gasteiger partial charge on any atom is -0.497 e. The summed E-state index contributed by atoms with van der Waals surface area (Å²) in [6.07, 6.45) is -0.662. The predicted octanol–water partition coefficient (Wildman–Crippen LogP) is 2.77. The number of hydrogen-bond acceptors (Lipinski definition) is 8. The standard InChI is InChI=1S/C24H25N5O5/c1-16(34-19-9-7-18(31-2)8-10-19)24(30)25-13-14-33-22-12-11-21-26-27-23(29(21)28-22)17-5-4-6-20(15-17)32-3/h4-12,15-16H,13-14H2,1-3H3,(H,25,30). The van der Waals surface area contributed by atoms with E-state index < -0.39 is 6.10 Å². The van der Waals surface area contributed by atoms with Crippen molar-refractivity contribution in [1.29, 1.82) is 0 Å². The Labute approximate surface area is 196 Å². The van der Waals surface area contributed by atoms with Crippen LogP contribution in [0.1, 0.15) is 6.92 Å². The Bertz CT molecular complexity index is 1260. The molecule has 0 saturated carbocycles. The van der Waals surface area contributed by atoms with Gasteiger partial charge >= 0.3 is 0 Å². The first-order valence-corrected chi connectivity index (χ1v) is 10.7. The van der Waals surface area contributed by atoms with Crippen LogP contribution in [0.4, 0.5) is 0 Å². The van der Waals surface area contributed by atoms with Crippen molar-refractivity contribution in [2.45, 2.75) is 13.0 Å². The Morgan fingerprint density at radius 2 is 1.74 bits per heavy atom. The Kier molecular flexibility index (Phi) is 7.07. The van der Waals surface area contributed by atoms with Gasteiger partial charge in [0.2, 0.25) is 5.88 Å². The Morgan fingerprint density at radius 1 is 0.971 bits per heavy atom. The summed E-state index contributed by atoms with van der Waals surface area (Å²) in [5, 5.41) is 15.6. The zero-order chi connectivity index (χ0) is 23.9. The predicted molar refractivity (Wildman–Crippen MR) is 124 cm³/mol. The molecule has 10 heteroatoms. The highest BCUT2D eigenvalue weighted by Crippen LogP contribution is 2.23. The highest BCUT2D eigenvalue weighted by Gasteiger charge is 2.15. The molecule has 2 aromatic carbocycles. The number of methoxy groups -OCH3 is 2. The number of hydrogen-bond donors (Lipinski definition) is 1. The van der Waals surface area contributed by atoms with Crippen molar-refractivity contribution in [1.82, 2.24) is 25.1 Å². The molecule has 0 radical (unpaired) electrons. The molecule has 4 aromatic rings. The first kappa shape index (κ1) is 22.8. The van der Waals surface area contributed by atoms with Gasteiger partial charge in [0.25, 0.3) is 5.91 Å². The van der Waals surface area contributed by atoms with Crippen LogP contribution in [0.5, 0.6) is 23.1 Å². The summed E-state index contributed by atoms with van der Waals surface area (Å²) in [5.41, 5.74) is 1.40. The van der Waals surface area contributed by atoms with Crippen molar-refractivity contribution >= 4 is 11.6 Å². The lowest BCUT2D eigenvalue weighted by molar-refractivity contribution is -0.127. The lowest BCUT2D eigenvalue weighted by atomic mass is 10.2. The van der Waals surface area contributed by atoms with Crippen molar-refractivity contribution in [3.8, 4) is 34.5 Å². The van der Waals surface area contributed by atoms with Crippen molar-refractivity contribution in [2.24, 2.45) is 0 Å². The zero-order valence-corrected chi connectivity index (χ0v) is 19.1. The molecule has 0 spiro atoms. The lowest BCUT2D eigenvalue weighted by Gasteiger charge is -2.15. The molecule has 176 valence electrons. The number of ether oxygens (including phenoxy) is 4. The third kappa shape index (κ3) is 5.34. The molecule has 10 nitrogen and oxygen atoms in total. The van der Waals surface area contributed by atoms with Crippen LogP contribution in [-0.2, 0) is 4.79 Å². The molecule has 0 aliphatic heterocycles. The number of carbonyl (C=O) groups excluding carboxylic acids is 1. The van der Waals surface area contributed by atoms with Gasteiger partial charge in [0.05, 0.1) is 20.8 Å². The number of rotatable bonds is 10. The number of nitrogens with zero attached hydrogens (tertiary/aromatic N) is 4. The second kappa shape index (κ2) is 10.5. The first-order chi connectivity index (χ1) is 16.6. The number of aromatic nitrogens is 4. The SMILES string of the molecule is COc1ccc(OC(C)C(=O)NCCOc2ccc3nnc(-c4cccc(OC)c4)n3n2)cc1. The van der Waals surface area contributed by atoms with E-state index in [1.165, 1.54) is 0 Å². The third-order valence-corrected chi connectivity index (χ3v) is 4.96. The van der Waals surface area contributed by atoms with Crippen molar-refractivity contribution < 1.29 is 23.7 Å². The van der Waals surface area contributed by atoms with Crippen LogP contribution >= 0.6 is 0 Å². The number of nitrogens with one attached hydrogen (secondary N) is 1. The van der Waals surface area contributed by atoms with Gasteiger partial charge < -0.3 is 24.3 Å². The fourth-order valence-corrected chi connectivity index (χ4v) is 3.18. The van der Waals surface area contributed by atoms with E-state index >= 15 is 0 Å². The molecule has 1 amide bonds. The largest absolute Gasteiger partial charge is 0.497 e. The molecule has 1 unspecified atom stereocenters. The molecule has 0 bridgehead atoms. The summed E-state index contributed by atoms with van der Waals surface area (Å²) >= 11 is 0. The van der Waals surface area contributed by atoms with E-state index in [4.69, 9.17) is 18.9 Å². The molecule has 0 aliphatic rings. The highest BCUT2D eigenvalue weighted by atomic mass is 16.5. The summed E-state index contributed by atoms with van der Waals surface area (Å²) in [4.78, 5) is 12.3. The molecule has 1 atom stereocenters. The van der Waals surface area contributed by atoms with E-state index in [0.29, 0.717) is 35.4 Å². The molecule has 4 rings (SSSR count). The van der Waals surface area contributed by atoms with Crippen molar-refractivity contribution in [3.63, 3.8) is 0 Å². The van der Waals surface area contributed by atoms with Crippen LogP contribution in [0, 0.1) is 0 Å². The van der Waals surface area contributed by atoms with Crippen LogP contribution in [0.3, 0.4) is 0 Å². The van der Waals surface area contributed by atoms with E-state index in [0.717, 1.165) is 11.3 Å². The Balaban J connectivity index is 1.31. The average molecular weight is 463 g/mol. The van der Waals surface area contributed by atoms with Gasteiger partial charge in [0.15, 0.2) is 17.6 Å². The van der Waals surface area contributed by atoms with Crippen LogP contribution in [0.2, 0.25) is 0 Å². The van der Waals surface area contributed by atoms with Gasteiger partial charge in [0, 0.05) is 11.6 Å². The molecule has 0 saturated heterocycles. The minimum atomic E-state index is -0.662. The fourth-order valence-electron chi connectivity index (χ4n) is 3.18. The van der Waals surface area contributed by atoms with Crippen LogP contribution in [0.25, 0.3) is 17.0 Å². The summed E-state index contributed by atoms with van der Waals surface area (Å²) in [6, 6.07) is 18.0. The van der Waals surface area contributed by atoms with Crippen LogP contribution in [0.15, 0.2) is 60.7 Å². The molecule has 34 heavy (non-hydrogen) atoms. The third-order valence-electron chi connectivity index (χ3n) is 4.96. The highest BCUT2D eigenvalue weighted by molar-refractivity contribution is 5.80. The zero-order valence-electron chi connectivity index (χ0n) is 19.1. The maximum atomic E-state index is 12.3. The van der Waals surface area contributed by atoms with E-state index in [1.54, 1.807) is 62.1 Å². The van der Waals surface area contributed by atoms with E-state index in [2.05, 4.69) is 20.6 Å². The molecule has 1 N–H and O–H groups in total. The molecular weight excluding hydrogens is 438 g/mol. The van der Waals surface area contributed by atoms with Crippen LogP contribution < -0.4 is 24.3 Å². The van der Waals surface area contributed by atoms with E-state index in [9.17, 15) is 4.79 Å². The van der Waals surface area contributed by atoms with Gasteiger partial charge in [-0.25, -0.2) is 0 Å². The monoisotopic (exact) mass is 463 g/mol. The van der Waals surface area contributed by atoms with Gasteiger partial charge in [-0.1, -0.05) is 12.1 Å². The Morgan fingerprint density at radius 3 is 2.50 bits per heavy atom. The van der Waals surface area contributed by atoms with Gasteiger partial charge in [-0.05, 0) is 49.4 Å². The van der Waals surface area contributed by atoms with Gasteiger partial charge in [0.1, 0.15) is 23.9 Å². The number of fused-ring (bicyclic) bond motifs is 1. The Hall–Kier alpha value is -4.34. The fraction of sp³-hybridized carbons (Fsp3) is 0.250. The molecular formula is C24H25N5O5. The molecule has 0 fully saturated rings. The van der Waals surface area contributed by atoms with Gasteiger partial charge in [-0.2, -0.15) is 4.52 Å². The lowest BCUT2D eigenvalue weighted by Crippen LogP contribution is -2.38. The molecule has 2 aromatic heterocycles. The van der Waals surface area contributed by atoms with E-state index in [-0.39, 0.29) is 12.5 Å². The average Bonchev–Trinajstić information content (AvgIpc) is 3.30. The minimum absolute atomic E-state index is 0.232. The number of carbonyl (C=O) groups is 1. The van der Waals surface area contributed by atoms with Crippen LogP contribution in [-0.4, -0.2) is 59.2 Å². The summed E-state index contributed by atoms with van der Waals surface area (Å²) < 4.78 is 23.4. The van der Waals surface area contributed by atoms with Crippen molar-refractivity contribution in [3.05, 3.63) is 60.7 Å².